The van der Waals surface area contributed by atoms with E-state index in [1.807, 2.05) is 42.5 Å². The van der Waals surface area contributed by atoms with Crippen molar-refractivity contribution < 1.29 is 9.84 Å². The lowest BCUT2D eigenvalue weighted by atomic mass is 10.0. The summed E-state index contributed by atoms with van der Waals surface area (Å²) in [6.45, 7) is 2.76. The molecule has 5 nitrogen and oxygen atoms in total. The van der Waals surface area contributed by atoms with Crippen molar-refractivity contribution in [3.8, 4) is 5.75 Å². The Morgan fingerprint density at radius 1 is 0.968 bits per heavy atom. The number of anilines is 1. The van der Waals surface area contributed by atoms with Gasteiger partial charge in [0.25, 0.3) is 0 Å². The fourth-order valence-electron chi connectivity index (χ4n) is 3.95. The zero-order valence-corrected chi connectivity index (χ0v) is 18.1. The molecule has 3 aromatic rings. The number of aliphatic hydroxyl groups is 1. The van der Waals surface area contributed by atoms with Crippen LogP contribution in [0.2, 0.25) is 0 Å². The zero-order valence-electron chi connectivity index (χ0n) is 18.1. The third-order valence-electron chi connectivity index (χ3n) is 5.84. The van der Waals surface area contributed by atoms with Gasteiger partial charge in [-0.15, -0.1) is 0 Å². The molecule has 0 amide bonds. The van der Waals surface area contributed by atoms with Gasteiger partial charge in [-0.25, -0.2) is 4.99 Å². The number of aliphatic imine (C=N–C) groups is 1. The highest BCUT2D eigenvalue weighted by atomic mass is 16.5. The van der Waals surface area contributed by atoms with Crippen molar-refractivity contribution in [2.75, 3.05) is 45.3 Å². The largest absolute Gasteiger partial charge is 0.494 e. The average Bonchev–Trinajstić information content (AvgIpc) is 2.84. The summed E-state index contributed by atoms with van der Waals surface area (Å²) in [6.07, 6.45) is 0. The van der Waals surface area contributed by atoms with E-state index < -0.39 is 0 Å². The summed E-state index contributed by atoms with van der Waals surface area (Å²) < 4.78 is 5.65. The van der Waals surface area contributed by atoms with Crippen molar-refractivity contribution in [3.63, 3.8) is 0 Å². The molecule has 1 atom stereocenters. The minimum atomic E-state index is 0.131. The van der Waals surface area contributed by atoms with Crippen LogP contribution in [0, 0.1) is 0 Å². The van der Waals surface area contributed by atoms with E-state index in [1.54, 1.807) is 7.11 Å². The monoisotopic (exact) mass is 415 g/mol. The fraction of sp³-hybridized carbons (Fsp3) is 0.269. The SMILES string of the molecule is COc1ccc(N2CCN(C)C(CO)C2)cc1N=C(c1ccccc1)c1ccccc1. The highest BCUT2D eigenvalue weighted by Gasteiger charge is 2.24. The van der Waals surface area contributed by atoms with Gasteiger partial charge in [0.1, 0.15) is 11.4 Å². The number of ether oxygens (including phenoxy) is 1. The maximum Gasteiger partial charge on any atom is 0.144 e. The Bertz CT molecular complexity index is 980. The van der Waals surface area contributed by atoms with Gasteiger partial charge in [0.05, 0.1) is 25.5 Å². The number of rotatable bonds is 6. The molecule has 160 valence electrons. The molecular formula is C26H29N3O2. The number of methoxy groups -OCH3 is 1. The van der Waals surface area contributed by atoms with Gasteiger partial charge in [-0.1, -0.05) is 60.7 Å². The zero-order chi connectivity index (χ0) is 21.6. The number of likely N-dealkylation sites (N-methyl/N-ethyl adjacent to an activating group) is 1. The molecule has 31 heavy (non-hydrogen) atoms. The Morgan fingerprint density at radius 2 is 1.61 bits per heavy atom. The van der Waals surface area contributed by atoms with E-state index in [-0.39, 0.29) is 12.6 Å². The third-order valence-corrected chi connectivity index (χ3v) is 5.84. The summed E-state index contributed by atoms with van der Waals surface area (Å²) >= 11 is 0. The Kier molecular flexibility index (Phi) is 6.65. The molecule has 1 heterocycles. The number of piperazine rings is 1. The average molecular weight is 416 g/mol. The van der Waals surface area contributed by atoms with E-state index in [1.165, 1.54) is 0 Å². The van der Waals surface area contributed by atoms with Gasteiger partial charge in [0.2, 0.25) is 0 Å². The highest BCUT2D eigenvalue weighted by molar-refractivity contribution is 6.14. The molecule has 0 aliphatic carbocycles. The van der Waals surface area contributed by atoms with E-state index in [0.717, 1.165) is 53.6 Å². The number of hydrogen-bond acceptors (Lipinski definition) is 5. The van der Waals surface area contributed by atoms with Crippen LogP contribution in [0.1, 0.15) is 11.1 Å². The number of hydrogen-bond donors (Lipinski definition) is 1. The lowest BCUT2D eigenvalue weighted by molar-refractivity contribution is 0.135. The van der Waals surface area contributed by atoms with Gasteiger partial charge in [-0.05, 0) is 25.2 Å². The first-order chi connectivity index (χ1) is 15.2. The lowest BCUT2D eigenvalue weighted by Gasteiger charge is -2.40. The van der Waals surface area contributed by atoms with Crippen LogP contribution in [0.25, 0.3) is 0 Å². The molecule has 0 aromatic heterocycles. The molecule has 1 aliphatic rings. The summed E-state index contributed by atoms with van der Waals surface area (Å²) in [5.41, 5.74) is 4.90. The summed E-state index contributed by atoms with van der Waals surface area (Å²) in [7, 11) is 3.74. The van der Waals surface area contributed by atoms with Gasteiger partial charge in [-0.2, -0.15) is 0 Å². The van der Waals surface area contributed by atoms with Gasteiger partial charge >= 0.3 is 0 Å². The molecule has 1 fully saturated rings. The minimum absolute atomic E-state index is 0.131. The molecule has 4 rings (SSSR count). The standard InChI is InChI=1S/C26H29N3O2/c1-28-15-16-29(18-23(28)19-30)22-13-14-25(31-2)24(17-22)27-26(20-9-5-3-6-10-20)21-11-7-4-8-12-21/h3-14,17,23,30H,15-16,18-19H2,1-2H3. The van der Waals surface area contributed by atoms with Gasteiger partial charge in [-0.3, -0.25) is 4.90 Å². The topological polar surface area (TPSA) is 48.3 Å². The molecule has 0 saturated carbocycles. The molecule has 0 spiro atoms. The van der Waals surface area contributed by atoms with E-state index >= 15 is 0 Å². The predicted octanol–water partition coefficient (Wildman–Crippen LogP) is 3.98. The summed E-state index contributed by atoms with van der Waals surface area (Å²) in [5.74, 6) is 0.737. The Balaban J connectivity index is 1.76. The van der Waals surface area contributed by atoms with Crippen molar-refractivity contribution in [2.45, 2.75) is 6.04 Å². The van der Waals surface area contributed by atoms with E-state index in [2.05, 4.69) is 53.2 Å². The number of aliphatic hydroxyl groups excluding tert-OH is 1. The first-order valence-corrected chi connectivity index (χ1v) is 10.6. The van der Waals surface area contributed by atoms with E-state index in [0.29, 0.717) is 0 Å². The molecule has 1 saturated heterocycles. The summed E-state index contributed by atoms with van der Waals surface area (Å²) in [4.78, 5) is 9.60. The molecule has 3 aromatic carbocycles. The van der Waals surface area contributed by atoms with Crippen LogP contribution in [-0.2, 0) is 0 Å². The smallest absolute Gasteiger partial charge is 0.144 e. The normalized spacial score (nSPS) is 16.7. The van der Waals surface area contributed by atoms with Gasteiger partial charge in [0.15, 0.2) is 0 Å². The maximum absolute atomic E-state index is 9.72. The molecule has 1 N–H and O–H groups in total. The number of nitrogens with zero attached hydrogens (tertiary/aromatic N) is 3. The molecular weight excluding hydrogens is 386 g/mol. The van der Waals surface area contributed by atoms with Crippen LogP contribution in [0.4, 0.5) is 11.4 Å². The van der Waals surface area contributed by atoms with Gasteiger partial charge in [0, 0.05) is 36.4 Å². The molecule has 1 unspecified atom stereocenters. The van der Waals surface area contributed by atoms with E-state index in [4.69, 9.17) is 9.73 Å². The van der Waals surface area contributed by atoms with Crippen LogP contribution in [0.3, 0.4) is 0 Å². The Hall–Kier alpha value is -3.15. The predicted molar refractivity (Wildman–Crippen MR) is 127 cm³/mol. The van der Waals surface area contributed by atoms with Crippen LogP contribution >= 0.6 is 0 Å². The van der Waals surface area contributed by atoms with Crippen LogP contribution in [0.5, 0.6) is 5.75 Å². The second kappa shape index (κ2) is 9.77. The lowest BCUT2D eigenvalue weighted by Crippen LogP contribution is -2.53. The fourth-order valence-corrected chi connectivity index (χ4v) is 3.95. The van der Waals surface area contributed by atoms with Crippen molar-refractivity contribution in [3.05, 3.63) is 90.0 Å². The van der Waals surface area contributed by atoms with Crippen molar-refractivity contribution in [1.29, 1.82) is 0 Å². The maximum atomic E-state index is 9.72. The first-order valence-electron chi connectivity index (χ1n) is 10.6. The molecule has 1 aliphatic heterocycles. The van der Waals surface area contributed by atoms with Crippen molar-refractivity contribution >= 4 is 17.1 Å². The van der Waals surface area contributed by atoms with Crippen molar-refractivity contribution in [2.24, 2.45) is 4.99 Å². The van der Waals surface area contributed by atoms with Crippen LogP contribution in [0.15, 0.2) is 83.9 Å². The molecule has 0 radical (unpaired) electrons. The quantitative estimate of drug-likeness (QED) is 0.619. The second-order valence-corrected chi connectivity index (χ2v) is 7.81. The van der Waals surface area contributed by atoms with Crippen molar-refractivity contribution in [1.82, 2.24) is 4.90 Å². The Labute approximate surface area is 184 Å². The molecule has 0 bridgehead atoms. The minimum Gasteiger partial charge on any atom is -0.494 e. The molecule has 5 heteroatoms. The second-order valence-electron chi connectivity index (χ2n) is 7.81. The van der Waals surface area contributed by atoms with Crippen LogP contribution < -0.4 is 9.64 Å². The third kappa shape index (κ3) is 4.79. The summed E-state index contributed by atoms with van der Waals surface area (Å²) in [5, 5.41) is 9.72. The summed E-state index contributed by atoms with van der Waals surface area (Å²) in [6, 6.07) is 26.7. The van der Waals surface area contributed by atoms with E-state index in [9.17, 15) is 5.11 Å². The Morgan fingerprint density at radius 3 is 2.19 bits per heavy atom. The van der Waals surface area contributed by atoms with Crippen LogP contribution in [-0.4, -0.2) is 62.2 Å². The number of benzene rings is 3. The van der Waals surface area contributed by atoms with Gasteiger partial charge < -0.3 is 14.7 Å². The first kappa shape index (κ1) is 21.1. The highest BCUT2D eigenvalue weighted by Crippen LogP contribution is 2.34.